The molecule has 158 valence electrons. The molecule has 29 heavy (non-hydrogen) atoms. The van der Waals surface area contributed by atoms with Gasteiger partial charge in [0, 0.05) is 38.0 Å². The number of amides is 2. The van der Waals surface area contributed by atoms with Crippen molar-refractivity contribution in [3.8, 4) is 0 Å². The molecule has 2 aliphatic heterocycles. The fraction of sp³-hybridized carbons (Fsp3) is 0.571. The Morgan fingerprint density at radius 2 is 1.48 bits per heavy atom. The van der Waals surface area contributed by atoms with E-state index in [1.54, 1.807) is 30.6 Å². The van der Waals surface area contributed by atoms with Crippen molar-refractivity contribution in [3.63, 3.8) is 0 Å². The monoisotopic (exact) mass is 404 g/mol. The van der Waals surface area contributed by atoms with Crippen molar-refractivity contribution in [2.45, 2.75) is 33.0 Å². The van der Waals surface area contributed by atoms with E-state index in [2.05, 4.69) is 0 Å². The van der Waals surface area contributed by atoms with E-state index in [1.807, 2.05) is 30.3 Å². The fourth-order valence-electron chi connectivity index (χ4n) is 4.07. The highest BCUT2D eigenvalue weighted by atomic mass is 16.6. The number of fused-ring (bicyclic) bond motifs is 2. The van der Waals surface area contributed by atoms with Crippen LogP contribution in [0.5, 0.6) is 0 Å². The molecule has 2 fully saturated rings. The quantitative estimate of drug-likeness (QED) is 0.832. The number of rotatable bonds is 3. The lowest BCUT2D eigenvalue weighted by Gasteiger charge is -2.48. The molecule has 8 nitrogen and oxygen atoms in total. The number of piperidine rings is 2. The zero-order chi connectivity index (χ0) is 21.2. The van der Waals surface area contributed by atoms with Crippen LogP contribution in [0.25, 0.3) is 0 Å². The van der Waals surface area contributed by atoms with Gasteiger partial charge in [0.2, 0.25) is 0 Å². The number of carboxylic acid groups (broad SMARTS) is 1. The van der Waals surface area contributed by atoms with E-state index in [0.717, 1.165) is 5.56 Å². The Morgan fingerprint density at radius 1 is 0.966 bits per heavy atom. The Labute approximate surface area is 170 Å². The minimum Gasteiger partial charge on any atom is -0.481 e. The number of likely N-dealkylation sites (tertiary alicyclic amines) is 2. The largest absolute Gasteiger partial charge is 0.481 e. The average molecular weight is 404 g/mol. The fourth-order valence-corrected chi connectivity index (χ4v) is 4.07. The van der Waals surface area contributed by atoms with Crippen LogP contribution in [-0.4, -0.2) is 64.8 Å². The summed E-state index contributed by atoms with van der Waals surface area (Å²) in [6, 6.07) is 9.38. The summed E-state index contributed by atoms with van der Waals surface area (Å²) in [4.78, 5) is 39.9. The number of aliphatic carboxylic acids is 1. The Balaban J connectivity index is 1.64. The molecule has 1 aromatic carbocycles. The molecule has 2 atom stereocenters. The van der Waals surface area contributed by atoms with Gasteiger partial charge in [-0.15, -0.1) is 0 Å². The predicted molar refractivity (Wildman–Crippen MR) is 104 cm³/mol. The predicted octanol–water partition coefficient (Wildman–Crippen LogP) is 2.82. The highest BCUT2D eigenvalue weighted by Crippen LogP contribution is 2.35. The van der Waals surface area contributed by atoms with Crippen LogP contribution in [0.1, 0.15) is 26.3 Å². The van der Waals surface area contributed by atoms with Crippen LogP contribution in [0.2, 0.25) is 0 Å². The minimum atomic E-state index is -0.888. The highest BCUT2D eigenvalue weighted by molar-refractivity contribution is 5.74. The zero-order valence-electron chi connectivity index (χ0n) is 17.0. The van der Waals surface area contributed by atoms with Crippen molar-refractivity contribution in [1.29, 1.82) is 0 Å². The van der Waals surface area contributed by atoms with E-state index in [-0.39, 0.29) is 44.6 Å². The summed E-state index contributed by atoms with van der Waals surface area (Å²) in [5.41, 5.74) is 0.265. The lowest BCUT2D eigenvalue weighted by molar-refractivity contribution is -0.152. The molecule has 1 aromatic rings. The lowest BCUT2D eigenvalue weighted by atomic mass is 9.74. The second kappa shape index (κ2) is 8.31. The van der Waals surface area contributed by atoms with Crippen LogP contribution in [0, 0.1) is 17.8 Å². The Morgan fingerprint density at radius 3 is 1.97 bits per heavy atom. The van der Waals surface area contributed by atoms with Gasteiger partial charge in [-0.2, -0.15) is 0 Å². The van der Waals surface area contributed by atoms with E-state index in [9.17, 15) is 19.5 Å². The normalized spacial score (nSPS) is 24.0. The molecule has 2 bridgehead atoms. The van der Waals surface area contributed by atoms with Crippen LogP contribution >= 0.6 is 0 Å². The molecule has 1 N–H and O–H groups in total. The van der Waals surface area contributed by atoms with E-state index < -0.39 is 29.7 Å². The van der Waals surface area contributed by atoms with Crippen molar-refractivity contribution in [3.05, 3.63) is 35.9 Å². The first-order chi connectivity index (χ1) is 13.6. The van der Waals surface area contributed by atoms with Gasteiger partial charge >= 0.3 is 18.2 Å². The second-order valence-electron chi connectivity index (χ2n) is 8.71. The zero-order valence-corrected chi connectivity index (χ0v) is 17.0. The molecule has 2 amide bonds. The molecule has 0 aliphatic carbocycles. The summed E-state index contributed by atoms with van der Waals surface area (Å²) in [6.07, 6.45) is -0.908. The summed E-state index contributed by atoms with van der Waals surface area (Å²) >= 11 is 0. The number of nitrogens with zero attached hydrogens (tertiary/aromatic N) is 2. The van der Waals surface area contributed by atoms with Crippen molar-refractivity contribution < 1.29 is 29.0 Å². The average Bonchev–Trinajstić information content (AvgIpc) is 2.63. The van der Waals surface area contributed by atoms with Gasteiger partial charge in [0.05, 0.1) is 5.92 Å². The molecule has 0 aromatic heterocycles. The van der Waals surface area contributed by atoms with Gasteiger partial charge < -0.3 is 24.4 Å². The molecule has 0 radical (unpaired) electrons. The maximum Gasteiger partial charge on any atom is 0.410 e. The molecular weight excluding hydrogens is 376 g/mol. The standard InChI is InChI=1S/C21H28N2O6/c1-21(2,3)29-20(27)23-11-15-9-22(10-16(12-23)17(15)18(24)25)19(26)28-13-14-7-5-4-6-8-14/h4-8,15-17H,9-13H2,1-3H3,(H,24,25). The number of carboxylic acids is 1. The maximum atomic E-state index is 12.5. The first-order valence-corrected chi connectivity index (χ1v) is 9.80. The number of hydrogen-bond donors (Lipinski definition) is 1. The number of carbonyl (C=O) groups excluding carboxylic acids is 2. The molecule has 2 saturated heterocycles. The van der Waals surface area contributed by atoms with Gasteiger partial charge in [-0.3, -0.25) is 4.79 Å². The van der Waals surface area contributed by atoms with Crippen molar-refractivity contribution in [2.24, 2.45) is 17.8 Å². The van der Waals surface area contributed by atoms with Crippen LogP contribution in [0.4, 0.5) is 9.59 Å². The van der Waals surface area contributed by atoms with Crippen molar-refractivity contribution in [2.75, 3.05) is 26.2 Å². The van der Waals surface area contributed by atoms with Gasteiger partial charge in [-0.1, -0.05) is 30.3 Å². The molecule has 0 saturated carbocycles. The third-order valence-electron chi connectivity index (χ3n) is 5.24. The first-order valence-electron chi connectivity index (χ1n) is 9.80. The first kappa shape index (κ1) is 21.0. The summed E-state index contributed by atoms with van der Waals surface area (Å²) in [7, 11) is 0. The van der Waals surface area contributed by atoms with Gasteiger partial charge in [-0.25, -0.2) is 9.59 Å². The number of carbonyl (C=O) groups is 3. The van der Waals surface area contributed by atoms with Crippen molar-refractivity contribution in [1.82, 2.24) is 9.80 Å². The smallest absolute Gasteiger partial charge is 0.410 e. The number of benzene rings is 1. The molecule has 3 rings (SSSR count). The summed E-state index contributed by atoms with van der Waals surface area (Å²) in [6.45, 7) is 6.50. The van der Waals surface area contributed by atoms with Crippen LogP contribution < -0.4 is 0 Å². The van der Waals surface area contributed by atoms with E-state index in [0.29, 0.717) is 0 Å². The van der Waals surface area contributed by atoms with E-state index in [4.69, 9.17) is 9.47 Å². The maximum absolute atomic E-state index is 12.5. The lowest BCUT2D eigenvalue weighted by Crippen LogP contribution is -2.61. The van der Waals surface area contributed by atoms with E-state index >= 15 is 0 Å². The van der Waals surface area contributed by atoms with Gasteiger partial charge in [0.15, 0.2) is 0 Å². The van der Waals surface area contributed by atoms with Gasteiger partial charge in [-0.05, 0) is 26.3 Å². The SMILES string of the molecule is CC(C)(C)OC(=O)N1CC2CN(C(=O)OCc3ccccc3)CC(C1)C2C(=O)O. The van der Waals surface area contributed by atoms with Gasteiger partial charge in [0.1, 0.15) is 12.2 Å². The van der Waals surface area contributed by atoms with E-state index in [1.165, 1.54) is 0 Å². The minimum absolute atomic E-state index is 0.165. The summed E-state index contributed by atoms with van der Waals surface area (Å²) in [5, 5.41) is 9.66. The third-order valence-corrected chi connectivity index (χ3v) is 5.24. The molecular formula is C21H28N2O6. The third kappa shape index (κ3) is 5.19. The number of hydrogen-bond acceptors (Lipinski definition) is 5. The Hall–Kier alpha value is -2.77. The summed E-state index contributed by atoms with van der Waals surface area (Å²) < 4.78 is 10.8. The highest BCUT2D eigenvalue weighted by Gasteiger charge is 2.48. The topological polar surface area (TPSA) is 96.4 Å². The molecule has 2 heterocycles. The Kier molecular flexibility index (Phi) is 6.00. The molecule has 0 spiro atoms. The number of ether oxygens (including phenoxy) is 2. The second-order valence-corrected chi connectivity index (χ2v) is 8.71. The molecule has 2 aliphatic rings. The van der Waals surface area contributed by atoms with Crippen LogP contribution in [0.3, 0.4) is 0 Å². The van der Waals surface area contributed by atoms with Crippen LogP contribution in [-0.2, 0) is 20.9 Å². The van der Waals surface area contributed by atoms with Gasteiger partial charge in [0.25, 0.3) is 0 Å². The van der Waals surface area contributed by atoms with Crippen molar-refractivity contribution >= 4 is 18.2 Å². The molecule has 8 heteroatoms. The Bertz CT molecular complexity index is 744. The molecule has 2 unspecified atom stereocenters. The summed E-state index contributed by atoms with van der Waals surface area (Å²) in [5.74, 6) is -2.21. The van der Waals surface area contributed by atoms with Crippen LogP contribution in [0.15, 0.2) is 30.3 Å².